The first kappa shape index (κ1) is 15.9. The zero-order chi connectivity index (χ0) is 15.7. The Morgan fingerprint density at radius 1 is 1.24 bits per heavy atom. The summed E-state index contributed by atoms with van der Waals surface area (Å²) < 4.78 is 0. The van der Waals surface area contributed by atoms with E-state index < -0.39 is 12.0 Å². The van der Waals surface area contributed by atoms with Crippen molar-refractivity contribution >= 4 is 29.7 Å². The Hall–Kier alpha value is -1.44. The van der Waals surface area contributed by atoms with Crippen LogP contribution in [0.5, 0.6) is 0 Å². The minimum Gasteiger partial charge on any atom is -0.480 e. The van der Waals surface area contributed by atoms with E-state index in [1.165, 1.54) is 33.5 Å². The third-order valence-corrected chi connectivity index (χ3v) is 5.23. The van der Waals surface area contributed by atoms with Crippen molar-refractivity contribution in [2.45, 2.75) is 24.3 Å². The second-order valence-electron chi connectivity index (χ2n) is 5.75. The van der Waals surface area contributed by atoms with E-state index in [4.69, 9.17) is 0 Å². The number of nitrogens with zero attached hydrogens (tertiary/aromatic N) is 3. The lowest BCUT2D eigenvalue weighted by molar-refractivity contribution is -0.141. The van der Waals surface area contributed by atoms with Crippen LogP contribution in [0.4, 0.5) is 4.79 Å². The standard InChI is InChI=1S/C13H21N3O4S/c1-14(2)10(17)6-15(3)13(20)16-9(12(18)19)7-21-11(16)8-4-5-8/h8-9,11H,4-7H2,1-3H3,(H,18,19). The second-order valence-corrected chi connectivity index (χ2v) is 6.90. The summed E-state index contributed by atoms with van der Waals surface area (Å²) in [5.74, 6) is -0.363. The SMILES string of the molecule is CN(C)C(=O)CN(C)C(=O)N1C(C(=O)O)CSC1C1CC1. The topological polar surface area (TPSA) is 81.2 Å². The van der Waals surface area contributed by atoms with Gasteiger partial charge in [0.1, 0.15) is 12.6 Å². The first-order chi connectivity index (χ1) is 9.82. The number of aliphatic carboxylic acids is 1. The molecule has 1 saturated heterocycles. The van der Waals surface area contributed by atoms with E-state index in [0.29, 0.717) is 11.7 Å². The van der Waals surface area contributed by atoms with Crippen LogP contribution in [0.2, 0.25) is 0 Å². The fourth-order valence-corrected chi connectivity index (χ4v) is 3.94. The fraction of sp³-hybridized carbons (Fsp3) is 0.769. The zero-order valence-corrected chi connectivity index (χ0v) is 13.3. The minimum absolute atomic E-state index is 0.0449. The molecule has 21 heavy (non-hydrogen) atoms. The molecule has 2 rings (SSSR count). The third kappa shape index (κ3) is 3.42. The van der Waals surface area contributed by atoms with Crippen LogP contribution in [-0.2, 0) is 9.59 Å². The van der Waals surface area contributed by atoms with Crippen LogP contribution in [0.3, 0.4) is 0 Å². The highest BCUT2D eigenvalue weighted by Gasteiger charge is 2.48. The van der Waals surface area contributed by atoms with Crippen LogP contribution in [0, 0.1) is 5.92 Å². The molecule has 1 heterocycles. The number of likely N-dealkylation sites (N-methyl/N-ethyl adjacent to an activating group) is 2. The summed E-state index contributed by atoms with van der Waals surface area (Å²) in [5.41, 5.74) is 0. The van der Waals surface area contributed by atoms with Crippen molar-refractivity contribution < 1.29 is 19.5 Å². The molecule has 1 N–H and O–H groups in total. The van der Waals surface area contributed by atoms with Crippen molar-refractivity contribution in [2.24, 2.45) is 5.92 Å². The fourth-order valence-electron chi connectivity index (χ4n) is 2.31. The molecular formula is C13H21N3O4S. The van der Waals surface area contributed by atoms with Crippen LogP contribution >= 0.6 is 11.8 Å². The number of thioether (sulfide) groups is 1. The van der Waals surface area contributed by atoms with Crippen molar-refractivity contribution in [3.63, 3.8) is 0 Å². The van der Waals surface area contributed by atoms with Gasteiger partial charge in [-0.25, -0.2) is 9.59 Å². The highest BCUT2D eigenvalue weighted by molar-refractivity contribution is 8.00. The molecule has 0 aromatic carbocycles. The molecule has 0 aromatic heterocycles. The summed E-state index contributed by atoms with van der Waals surface area (Å²) in [5, 5.41) is 9.23. The lowest BCUT2D eigenvalue weighted by Crippen LogP contribution is -2.52. The van der Waals surface area contributed by atoms with E-state index in [2.05, 4.69) is 0 Å². The summed E-state index contributed by atoms with van der Waals surface area (Å²) in [7, 11) is 4.79. The second kappa shape index (κ2) is 6.13. The lowest BCUT2D eigenvalue weighted by atomic mass is 10.2. The monoisotopic (exact) mass is 315 g/mol. The Bertz CT molecular complexity index is 453. The number of hydrogen-bond acceptors (Lipinski definition) is 4. The highest BCUT2D eigenvalue weighted by atomic mass is 32.2. The van der Waals surface area contributed by atoms with Gasteiger partial charge in [-0.1, -0.05) is 0 Å². The number of carboxylic acids is 1. The largest absolute Gasteiger partial charge is 0.480 e. The molecule has 2 atom stereocenters. The van der Waals surface area contributed by atoms with E-state index in [1.807, 2.05) is 0 Å². The van der Waals surface area contributed by atoms with E-state index >= 15 is 0 Å². The maximum absolute atomic E-state index is 12.6. The van der Waals surface area contributed by atoms with E-state index in [9.17, 15) is 19.5 Å². The number of carbonyl (C=O) groups excluding carboxylic acids is 2. The molecule has 0 bridgehead atoms. The van der Waals surface area contributed by atoms with Crippen molar-refractivity contribution in [2.75, 3.05) is 33.4 Å². The maximum Gasteiger partial charge on any atom is 0.327 e. The predicted molar refractivity (Wildman–Crippen MR) is 79.0 cm³/mol. The third-order valence-electron chi connectivity index (χ3n) is 3.76. The van der Waals surface area contributed by atoms with Crippen LogP contribution < -0.4 is 0 Å². The number of rotatable bonds is 4. The van der Waals surface area contributed by atoms with Crippen LogP contribution in [0.1, 0.15) is 12.8 Å². The number of urea groups is 1. The van der Waals surface area contributed by atoms with E-state index in [1.54, 1.807) is 14.1 Å². The quantitative estimate of drug-likeness (QED) is 0.810. The van der Waals surface area contributed by atoms with Crippen molar-refractivity contribution in [1.29, 1.82) is 0 Å². The van der Waals surface area contributed by atoms with Gasteiger partial charge in [-0.15, -0.1) is 11.8 Å². The molecule has 0 aromatic rings. The average molecular weight is 315 g/mol. The van der Waals surface area contributed by atoms with Gasteiger partial charge < -0.3 is 14.9 Å². The summed E-state index contributed by atoms with van der Waals surface area (Å²) >= 11 is 1.53. The number of carbonyl (C=O) groups is 3. The smallest absolute Gasteiger partial charge is 0.327 e. The van der Waals surface area contributed by atoms with Crippen molar-refractivity contribution in [3.8, 4) is 0 Å². The molecule has 1 saturated carbocycles. The molecule has 118 valence electrons. The molecule has 7 nitrogen and oxygen atoms in total. The molecule has 1 aliphatic carbocycles. The number of amides is 3. The van der Waals surface area contributed by atoms with Crippen molar-refractivity contribution in [3.05, 3.63) is 0 Å². The Kier molecular flexibility index (Phi) is 4.65. The molecule has 2 unspecified atom stereocenters. The number of hydrogen-bond donors (Lipinski definition) is 1. The van der Waals surface area contributed by atoms with Gasteiger partial charge in [-0.2, -0.15) is 0 Å². The average Bonchev–Trinajstić information content (AvgIpc) is 3.15. The molecule has 8 heteroatoms. The summed E-state index contributed by atoms with van der Waals surface area (Å²) in [4.78, 5) is 39.8. The molecule has 2 aliphatic rings. The van der Waals surface area contributed by atoms with Crippen LogP contribution in [0.25, 0.3) is 0 Å². The molecule has 0 spiro atoms. The van der Waals surface area contributed by atoms with Crippen molar-refractivity contribution in [1.82, 2.24) is 14.7 Å². The maximum atomic E-state index is 12.6. The lowest BCUT2D eigenvalue weighted by Gasteiger charge is -2.31. The van der Waals surface area contributed by atoms with Gasteiger partial charge >= 0.3 is 12.0 Å². The van der Waals surface area contributed by atoms with Gasteiger partial charge in [0.2, 0.25) is 5.91 Å². The van der Waals surface area contributed by atoms with Gasteiger partial charge in [-0.3, -0.25) is 9.69 Å². The van der Waals surface area contributed by atoms with E-state index in [0.717, 1.165) is 12.8 Å². The Morgan fingerprint density at radius 3 is 2.33 bits per heavy atom. The summed E-state index contributed by atoms with van der Waals surface area (Å²) in [6.07, 6.45) is 2.07. The molecule has 2 fully saturated rings. The van der Waals surface area contributed by atoms with Gasteiger partial charge in [0.25, 0.3) is 0 Å². The summed E-state index contributed by atoms with van der Waals surface area (Å²) in [6, 6.07) is -1.18. The normalized spacial score (nSPS) is 24.8. The molecular weight excluding hydrogens is 294 g/mol. The Balaban J connectivity index is 2.09. The molecule has 3 amide bonds. The first-order valence-corrected chi connectivity index (χ1v) is 7.95. The molecule has 1 aliphatic heterocycles. The minimum atomic E-state index is -0.980. The van der Waals surface area contributed by atoms with Gasteiger partial charge in [0.05, 0.1) is 5.37 Å². The Labute approximate surface area is 128 Å². The predicted octanol–water partition coefficient (Wildman–Crippen LogP) is 0.365. The zero-order valence-electron chi connectivity index (χ0n) is 12.5. The first-order valence-electron chi connectivity index (χ1n) is 6.91. The summed E-state index contributed by atoms with van der Waals surface area (Å²) in [6.45, 7) is -0.0449. The number of carboxylic acid groups (broad SMARTS) is 1. The van der Waals surface area contributed by atoms with Crippen LogP contribution in [0.15, 0.2) is 0 Å². The highest BCUT2D eigenvalue weighted by Crippen LogP contribution is 2.45. The van der Waals surface area contributed by atoms with Crippen LogP contribution in [-0.4, -0.2) is 82.6 Å². The van der Waals surface area contributed by atoms with Gasteiger partial charge in [0, 0.05) is 26.9 Å². The molecule has 0 radical (unpaired) electrons. The Morgan fingerprint density at radius 2 is 1.86 bits per heavy atom. The van der Waals surface area contributed by atoms with Gasteiger partial charge in [0.15, 0.2) is 0 Å². The van der Waals surface area contributed by atoms with E-state index in [-0.39, 0.29) is 23.9 Å². The van der Waals surface area contributed by atoms with Gasteiger partial charge in [-0.05, 0) is 18.8 Å².